The first-order valence-electron chi connectivity index (χ1n) is 5.68. The molecule has 14 heavy (non-hydrogen) atoms. The van der Waals surface area contributed by atoms with Crippen LogP contribution in [-0.2, 0) is 0 Å². The van der Waals surface area contributed by atoms with Gasteiger partial charge in [-0.1, -0.05) is 41.5 Å². The predicted octanol–water partition coefficient (Wildman–Crippen LogP) is 2.01. The maximum atomic E-state index is 3.77. The van der Waals surface area contributed by atoms with Gasteiger partial charge in [0.25, 0.3) is 0 Å². The minimum atomic E-state index is 0.344. The Morgan fingerprint density at radius 2 is 1.14 bits per heavy atom. The average Bonchev–Trinajstić information content (AvgIpc) is 2.01. The smallest absolute Gasteiger partial charge is 0.0244 e. The van der Waals surface area contributed by atoms with Crippen molar-refractivity contribution >= 4 is 0 Å². The largest absolute Gasteiger partial charge is 0.314 e. The van der Waals surface area contributed by atoms with Gasteiger partial charge in [0.2, 0.25) is 0 Å². The van der Waals surface area contributed by atoms with Gasteiger partial charge in [-0.25, -0.2) is 0 Å². The van der Waals surface area contributed by atoms with Crippen LogP contribution in [0.3, 0.4) is 0 Å². The summed E-state index contributed by atoms with van der Waals surface area (Å²) in [5, 5.41) is 7.31. The molecule has 1 heterocycles. The summed E-state index contributed by atoms with van der Waals surface area (Å²) >= 11 is 0. The third-order valence-electron chi connectivity index (χ3n) is 3.19. The quantitative estimate of drug-likeness (QED) is 0.622. The second-order valence-electron chi connectivity index (χ2n) is 6.66. The van der Waals surface area contributed by atoms with Gasteiger partial charge in [0.05, 0.1) is 0 Å². The Morgan fingerprint density at radius 1 is 0.786 bits per heavy atom. The van der Waals surface area contributed by atoms with Gasteiger partial charge in [0.15, 0.2) is 0 Å². The summed E-state index contributed by atoms with van der Waals surface area (Å²) in [6.45, 7) is 16.0. The lowest BCUT2D eigenvalue weighted by Crippen LogP contribution is -2.62. The summed E-state index contributed by atoms with van der Waals surface area (Å²) < 4.78 is 0. The highest BCUT2D eigenvalue weighted by Gasteiger charge is 2.34. The summed E-state index contributed by atoms with van der Waals surface area (Å²) in [5.74, 6) is 0. The molecular weight excluding hydrogens is 172 g/mol. The summed E-state index contributed by atoms with van der Waals surface area (Å²) in [6.07, 6.45) is 0. The number of hydrogen-bond acceptors (Lipinski definition) is 2. The van der Waals surface area contributed by atoms with Crippen molar-refractivity contribution in [1.29, 1.82) is 0 Å². The summed E-state index contributed by atoms with van der Waals surface area (Å²) in [7, 11) is 0. The summed E-state index contributed by atoms with van der Waals surface area (Å²) in [4.78, 5) is 0. The molecule has 0 aliphatic carbocycles. The standard InChI is InChI=1S/C12H26N2/c1-11(2,3)9-7-13-8-10(14-9)12(4,5)6/h9-10,13-14H,7-8H2,1-6H3. The van der Waals surface area contributed by atoms with Crippen LogP contribution in [0, 0.1) is 10.8 Å². The van der Waals surface area contributed by atoms with E-state index < -0.39 is 0 Å². The van der Waals surface area contributed by atoms with E-state index in [0.717, 1.165) is 13.1 Å². The molecule has 2 atom stereocenters. The molecule has 0 bridgehead atoms. The lowest BCUT2D eigenvalue weighted by Gasteiger charge is -2.44. The molecule has 2 nitrogen and oxygen atoms in total. The Balaban J connectivity index is 2.61. The molecule has 1 aliphatic rings. The fourth-order valence-electron chi connectivity index (χ4n) is 1.85. The van der Waals surface area contributed by atoms with Gasteiger partial charge in [0, 0.05) is 25.2 Å². The molecule has 2 N–H and O–H groups in total. The van der Waals surface area contributed by atoms with Gasteiger partial charge in [-0.3, -0.25) is 0 Å². The molecule has 0 saturated carbocycles. The average molecular weight is 198 g/mol. The molecule has 2 heteroatoms. The highest BCUT2D eigenvalue weighted by atomic mass is 15.1. The zero-order chi connectivity index (χ0) is 11.0. The molecule has 1 aliphatic heterocycles. The first-order valence-corrected chi connectivity index (χ1v) is 5.68. The van der Waals surface area contributed by atoms with E-state index in [1.54, 1.807) is 0 Å². The lowest BCUT2D eigenvalue weighted by molar-refractivity contribution is 0.146. The van der Waals surface area contributed by atoms with Crippen molar-refractivity contribution < 1.29 is 0 Å². The van der Waals surface area contributed by atoms with E-state index in [9.17, 15) is 0 Å². The Hall–Kier alpha value is -0.0800. The minimum Gasteiger partial charge on any atom is -0.314 e. The van der Waals surface area contributed by atoms with Crippen molar-refractivity contribution in [1.82, 2.24) is 10.6 Å². The number of piperazine rings is 1. The van der Waals surface area contributed by atoms with Crippen LogP contribution in [0.25, 0.3) is 0 Å². The van der Waals surface area contributed by atoms with Crippen LogP contribution in [0.1, 0.15) is 41.5 Å². The van der Waals surface area contributed by atoms with E-state index in [0.29, 0.717) is 22.9 Å². The topological polar surface area (TPSA) is 24.1 Å². The van der Waals surface area contributed by atoms with E-state index in [4.69, 9.17) is 0 Å². The molecule has 1 fully saturated rings. The van der Waals surface area contributed by atoms with Crippen LogP contribution in [0.2, 0.25) is 0 Å². The molecular formula is C12H26N2. The van der Waals surface area contributed by atoms with E-state index in [-0.39, 0.29) is 0 Å². The van der Waals surface area contributed by atoms with Crippen molar-refractivity contribution in [2.75, 3.05) is 13.1 Å². The van der Waals surface area contributed by atoms with E-state index >= 15 is 0 Å². The Bertz CT molecular complexity index is 165. The van der Waals surface area contributed by atoms with Gasteiger partial charge < -0.3 is 10.6 Å². The molecule has 1 saturated heterocycles. The Kier molecular flexibility index (Phi) is 3.27. The van der Waals surface area contributed by atoms with E-state index in [1.165, 1.54) is 0 Å². The molecule has 1 rings (SSSR count). The maximum Gasteiger partial charge on any atom is 0.0244 e. The van der Waals surface area contributed by atoms with Crippen LogP contribution < -0.4 is 10.6 Å². The van der Waals surface area contributed by atoms with Crippen LogP contribution in [0.15, 0.2) is 0 Å². The van der Waals surface area contributed by atoms with Crippen molar-refractivity contribution in [3.05, 3.63) is 0 Å². The van der Waals surface area contributed by atoms with Crippen molar-refractivity contribution in [3.8, 4) is 0 Å². The van der Waals surface area contributed by atoms with Gasteiger partial charge in [0.1, 0.15) is 0 Å². The number of rotatable bonds is 0. The summed E-state index contributed by atoms with van der Waals surface area (Å²) in [5.41, 5.74) is 0.688. The second kappa shape index (κ2) is 3.82. The summed E-state index contributed by atoms with van der Waals surface area (Å²) in [6, 6.07) is 1.17. The number of nitrogens with one attached hydrogen (secondary N) is 2. The third-order valence-corrected chi connectivity index (χ3v) is 3.19. The molecule has 0 radical (unpaired) electrons. The molecule has 0 aromatic rings. The van der Waals surface area contributed by atoms with Crippen LogP contribution in [0.4, 0.5) is 0 Å². The first kappa shape index (κ1) is 12.0. The normalized spacial score (nSPS) is 30.4. The molecule has 84 valence electrons. The van der Waals surface area contributed by atoms with Gasteiger partial charge >= 0.3 is 0 Å². The first-order chi connectivity index (χ1) is 6.21. The third kappa shape index (κ3) is 2.96. The lowest BCUT2D eigenvalue weighted by atomic mass is 9.80. The molecule has 2 unspecified atom stereocenters. The van der Waals surface area contributed by atoms with Gasteiger partial charge in [-0.2, -0.15) is 0 Å². The SMILES string of the molecule is CC(C)(C)C1CNCC(C(C)(C)C)N1. The van der Waals surface area contributed by atoms with Crippen LogP contribution in [0.5, 0.6) is 0 Å². The van der Waals surface area contributed by atoms with E-state index in [1.807, 2.05) is 0 Å². The minimum absolute atomic E-state index is 0.344. The zero-order valence-corrected chi connectivity index (χ0v) is 10.6. The fourth-order valence-corrected chi connectivity index (χ4v) is 1.85. The Morgan fingerprint density at radius 3 is 1.43 bits per heavy atom. The van der Waals surface area contributed by atoms with Crippen molar-refractivity contribution in [2.45, 2.75) is 53.6 Å². The van der Waals surface area contributed by atoms with Crippen molar-refractivity contribution in [3.63, 3.8) is 0 Å². The van der Waals surface area contributed by atoms with Gasteiger partial charge in [-0.05, 0) is 10.8 Å². The number of hydrogen-bond donors (Lipinski definition) is 2. The van der Waals surface area contributed by atoms with E-state index in [2.05, 4.69) is 52.2 Å². The predicted molar refractivity (Wildman–Crippen MR) is 62.5 cm³/mol. The molecule has 0 spiro atoms. The van der Waals surface area contributed by atoms with Crippen LogP contribution in [-0.4, -0.2) is 25.2 Å². The highest BCUT2D eigenvalue weighted by molar-refractivity contribution is 4.94. The fraction of sp³-hybridized carbons (Fsp3) is 1.00. The second-order valence-corrected chi connectivity index (χ2v) is 6.66. The van der Waals surface area contributed by atoms with Crippen molar-refractivity contribution in [2.24, 2.45) is 10.8 Å². The highest BCUT2D eigenvalue weighted by Crippen LogP contribution is 2.26. The maximum absolute atomic E-state index is 3.77. The molecule has 0 amide bonds. The molecule has 0 aromatic carbocycles. The van der Waals surface area contributed by atoms with Crippen LogP contribution >= 0.6 is 0 Å². The Labute approximate surface area is 88.8 Å². The molecule has 0 aromatic heterocycles. The monoisotopic (exact) mass is 198 g/mol. The van der Waals surface area contributed by atoms with Gasteiger partial charge in [-0.15, -0.1) is 0 Å². The zero-order valence-electron chi connectivity index (χ0n) is 10.6.